The van der Waals surface area contributed by atoms with Gasteiger partial charge in [-0.1, -0.05) is 42.1 Å². The Balaban J connectivity index is 1.62. The molecule has 0 saturated heterocycles. The van der Waals surface area contributed by atoms with E-state index in [1.54, 1.807) is 37.4 Å². The summed E-state index contributed by atoms with van der Waals surface area (Å²) in [7, 11) is 1.60. The van der Waals surface area contributed by atoms with Gasteiger partial charge >= 0.3 is 12.1 Å². The zero-order valence-corrected chi connectivity index (χ0v) is 19.9. The monoisotopic (exact) mass is 522 g/mol. The number of nitrogens with zero attached hydrogens (tertiary/aromatic N) is 6. The van der Waals surface area contributed by atoms with E-state index in [-0.39, 0.29) is 33.3 Å². The maximum Gasteiger partial charge on any atom is 0.433 e. The number of benzene rings is 1. The van der Waals surface area contributed by atoms with Crippen molar-refractivity contribution in [1.29, 1.82) is 0 Å². The Bertz CT molecular complexity index is 1380. The number of carbonyl (C=O) groups is 2. The molecule has 0 fully saturated rings. The summed E-state index contributed by atoms with van der Waals surface area (Å²) >= 11 is 1.90. The third-order valence-corrected chi connectivity index (χ3v) is 6.87. The molecule has 0 radical (unpaired) electrons. The highest BCUT2D eigenvalue weighted by Gasteiger charge is 2.36. The van der Waals surface area contributed by atoms with Gasteiger partial charge in [-0.15, -0.1) is 21.5 Å². The summed E-state index contributed by atoms with van der Waals surface area (Å²) in [5, 5.41) is 22.1. The van der Waals surface area contributed by atoms with Crippen molar-refractivity contribution in [3.63, 3.8) is 0 Å². The van der Waals surface area contributed by atoms with Crippen LogP contribution in [-0.4, -0.2) is 51.6 Å². The molecule has 1 aromatic carbocycles. The lowest BCUT2D eigenvalue weighted by Gasteiger charge is -2.13. The molecule has 3 aromatic heterocycles. The van der Waals surface area contributed by atoms with E-state index in [9.17, 15) is 27.9 Å². The zero-order valence-electron chi connectivity index (χ0n) is 18.2. The summed E-state index contributed by atoms with van der Waals surface area (Å²) in [5.74, 6) is -1.27. The number of rotatable bonds is 8. The second-order valence-corrected chi connectivity index (χ2v) is 9.40. The largest absolute Gasteiger partial charge is 0.481 e. The Labute approximate surface area is 204 Å². The first-order valence-corrected chi connectivity index (χ1v) is 11.8. The summed E-state index contributed by atoms with van der Waals surface area (Å²) < 4.78 is 42.3. The summed E-state index contributed by atoms with van der Waals surface area (Å²) in [4.78, 5) is 28.5. The lowest BCUT2D eigenvalue weighted by molar-refractivity contribution is -0.142. The number of carboxylic acid groups (broad SMARTS) is 1. The van der Waals surface area contributed by atoms with Gasteiger partial charge in [-0.05, 0) is 13.0 Å². The molecular formula is C21H17F3N6O3S2. The van der Waals surface area contributed by atoms with Crippen LogP contribution in [-0.2, 0) is 18.0 Å². The van der Waals surface area contributed by atoms with Gasteiger partial charge in [0.05, 0.1) is 17.4 Å². The van der Waals surface area contributed by atoms with Gasteiger partial charge in [-0.2, -0.15) is 18.3 Å². The lowest BCUT2D eigenvalue weighted by Crippen LogP contribution is -2.21. The third kappa shape index (κ3) is 5.27. The van der Waals surface area contributed by atoms with E-state index >= 15 is 0 Å². The van der Waals surface area contributed by atoms with E-state index in [4.69, 9.17) is 0 Å². The number of ketones is 1. The fourth-order valence-electron chi connectivity index (χ4n) is 3.21. The molecule has 0 saturated carbocycles. The van der Waals surface area contributed by atoms with Crippen molar-refractivity contribution in [3.8, 4) is 16.6 Å². The summed E-state index contributed by atoms with van der Waals surface area (Å²) in [5.41, 5.74) is -0.120. The van der Waals surface area contributed by atoms with Crippen molar-refractivity contribution in [2.24, 2.45) is 7.05 Å². The quantitative estimate of drug-likeness (QED) is 0.269. The van der Waals surface area contributed by atoms with Gasteiger partial charge in [-0.3, -0.25) is 9.59 Å². The average Bonchev–Trinajstić information content (AvgIpc) is 3.52. The number of aryl methyl sites for hydroxylation is 1. The van der Waals surface area contributed by atoms with Crippen molar-refractivity contribution >= 4 is 34.9 Å². The van der Waals surface area contributed by atoms with Crippen LogP contribution in [0.2, 0.25) is 0 Å². The normalized spacial score (nSPS) is 12.6. The third-order valence-electron chi connectivity index (χ3n) is 4.82. The Kier molecular flexibility index (Phi) is 6.76. The van der Waals surface area contributed by atoms with Gasteiger partial charge in [-0.25, -0.2) is 9.67 Å². The predicted octanol–water partition coefficient (Wildman–Crippen LogP) is 4.27. The van der Waals surface area contributed by atoms with Crippen LogP contribution in [0.1, 0.15) is 28.2 Å². The van der Waals surface area contributed by atoms with Crippen molar-refractivity contribution < 1.29 is 27.9 Å². The minimum absolute atomic E-state index is 0.000590. The van der Waals surface area contributed by atoms with Crippen molar-refractivity contribution in [2.45, 2.75) is 29.9 Å². The number of hydrogen-bond donors (Lipinski definition) is 1. The van der Waals surface area contributed by atoms with Crippen molar-refractivity contribution in [1.82, 2.24) is 29.5 Å². The van der Waals surface area contributed by atoms with Crippen LogP contribution in [0.5, 0.6) is 0 Å². The molecule has 0 spiro atoms. The smallest absolute Gasteiger partial charge is 0.433 e. The van der Waals surface area contributed by atoms with E-state index in [2.05, 4.69) is 20.3 Å². The summed E-state index contributed by atoms with van der Waals surface area (Å²) in [6, 6.07) is 9.24. The van der Waals surface area contributed by atoms with Crippen LogP contribution in [0, 0.1) is 6.92 Å². The highest BCUT2D eigenvalue weighted by Crippen LogP contribution is 2.34. The number of aliphatic carboxylic acids is 1. The average molecular weight is 523 g/mol. The highest BCUT2D eigenvalue weighted by molar-refractivity contribution is 8.00. The van der Waals surface area contributed by atoms with Crippen LogP contribution in [0.25, 0.3) is 16.6 Å². The van der Waals surface area contributed by atoms with Gasteiger partial charge < -0.3 is 9.67 Å². The maximum absolute atomic E-state index is 13.4. The van der Waals surface area contributed by atoms with Crippen molar-refractivity contribution in [3.05, 3.63) is 58.7 Å². The molecule has 1 N–H and O–H groups in total. The molecule has 14 heteroatoms. The predicted molar refractivity (Wildman–Crippen MR) is 122 cm³/mol. The number of carbonyl (C=O) groups excluding carboxylic acids is 1. The van der Waals surface area contributed by atoms with Gasteiger partial charge in [0.2, 0.25) is 5.13 Å². The van der Waals surface area contributed by atoms with Crippen LogP contribution < -0.4 is 0 Å². The standard InChI is InChI=1S/C21H17F3N6O3S2/c1-11-8-15(21(22,23)24)30(28-11)19-25-13(10-34-19)18-26-27-20(29(18)2)35-14(9-16(31)32)17(33)12-6-4-3-5-7-12/h3-8,10,14H,9H2,1-2H3,(H,31,32). The van der Waals surface area contributed by atoms with Gasteiger partial charge in [0.25, 0.3) is 0 Å². The second kappa shape index (κ2) is 9.62. The molecule has 0 amide bonds. The topological polar surface area (TPSA) is 116 Å². The van der Waals surface area contributed by atoms with E-state index in [0.717, 1.165) is 33.8 Å². The molecule has 0 aliphatic rings. The molecule has 1 unspecified atom stereocenters. The number of thioether (sulfide) groups is 1. The Morgan fingerprint density at radius 3 is 2.57 bits per heavy atom. The Hall–Kier alpha value is -3.52. The molecule has 9 nitrogen and oxygen atoms in total. The molecular weight excluding hydrogens is 505 g/mol. The summed E-state index contributed by atoms with van der Waals surface area (Å²) in [6.07, 6.45) is -5.04. The van der Waals surface area contributed by atoms with Crippen LogP contribution in [0.3, 0.4) is 0 Å². The molecule has 4 aromatic rings. The minimum Gasteiger partial charge on any atom is -0.481 e. The SMILES string of the molecule is Cc1cc(C(F)(F)F)n(-c2nc(-c3nnc(SC(CC(=O)O)C(=O)c4ccccc4)n3C)cs2)n1. The number of Topliss-reactive ketones (excluding diaryl/α,β-unsaturated/α-hetero) is 1. The van der Waals surface area contributed by atoms with Crippen molar-refractivity contribution in [2.75, 3.05) is 0 Å². The molecule has 3 heterocycles. The van der Waals surface area contributed by atoms with Gasteiger partial charge in [0.15, 0.2) is 22.5 Å². The fraction of sp³-hybridized carbons (Fsp3) is 0.238. The lowest BCUT2D eigenvalue weighted by atomic mass is 10.1. The maximum atomic E-state index is 13.4. The first kappa shape index (κ1) is 24.6. The molecule has 0 aliphatic heterocycles. The number of aromatic nitrogens is 6. The molecule has 1 atom stereocenters. The van der Waals surface area contributed by atoms with Crippen LogP contribution in [0.4, 0.5) is 13.2 Å². The Morgan fingerprint density at radius 1 is 1.20 bits per heavy atom. The van der Waals surface area contributed by atoms with Crippen LogP contribution in [0.15, 0.2) is 46.9 Å². The molecule has 4 rings (SSSR count). The van der Waals surface area contributed by atoms with E-state index in [1.165, 1.54) is 16.9 Å². The Morgan fingerprint density at radius 2 is 1.91 bits per heavy atom. The molecule has 0 bridgehead atoms. The molecule has 35 heavy (non-hydrogen) atoms. The number of thiazole rings is 1. The minimum atomic E-state index is -4.61. The first-order valence-electron chi connectivity index (χ1n) is 10.0. The van der Waals surface area contributed by atoms with Gasteiger partial charge in [0.1, 0.15) is 5.69 Å². The fourth-order valence-corrected chi connectivity index (χ4v) is 5.04. The van der Waals surface area contributed by atoms with Gasteiger partial charge in [0, 0.05) is 18.0 Å². The van der Waals surface area contributed by atoms with E-state index in [0.29, 0.717) is 5.56 Å². The molecule has 182 valence electrons. The van der Waals surface area contributed by atoms with Crippen LogP contribution >= 0.6 is 23.1 Å². The van der Waals surface area contributed by atoms with E-state index in [1.807, 2.05) is 0 Å². The summed E-state index contributed by atoms with van der Waals surface area (Å²) in [6.45, 7) is 1.46. The highest BCUT2D eigenvalue weighted by atomic mass is 32.2. The molecule has 0 aliphatic carbocycles. The number of carboxylic acids is 1. The number of alkyl halides is 3. The van der Waals surface area contributed by atoms with E-state index < -0.39 is 29.5 Å². The second-order valence-electron chi connectivity index (χ2n) is 7.40. The number of hydrogen-bond acceptors (Lipinski definition) is 8. The number of halogens is 3. The first-order chi connectivity index (χ1) is 16.5. The zero-order chi connectivity index (χ0) is 25.3.